The first kappa shape index (κ1) is 8.74. The maximum absolute atomic E-state index is 11.6. The Hall–Kier alpha value is -1.85. The van der Waals surface area contributed by atoms with Crippen molar-refractivity contribution in [3.8, 4) is 5.88 Å². The van der Waals surface area contributed by atoms with Gasteiger partial charge >= 0.3 is 11.3 Å². The van der Waals surface area contributed by atoms with Crippen molar-refractivity contribution in [2.75, 3.05) is 0 Å². The highest BCUT2D eigenvalue weighted by Crippen LogP contribution is 2.07. The minimum atomic E-state index is -0.358. The van der Waals surface area contributed by atoms with Gasteiger partial charge in [-0.2, -0.15) is 0 Å². The summed E-state index contributed by atoms with van der Waals surface area (Å²) in [7, 11) is 3.35. The van der Waals surface area contributed by atoms with Gasteiger partial charge in [0.05, 0.1) is 7.05 Å². The van der Waals surface area contributed by atoms with Crippen molar-refractivity contribution < 1.29 is 9.67 Å². The van der Waals surface area contributed by atoms with Crippen LogP contribution in [0.3, 0.4) is 0 Å². The Labute approximate surface area is 79.6 Å². The molecular weight excluding hydrogens is 184 g/mol. The van der Waals surface area contributed by atoms with Gasteiger partial charge in [-0.3, -0.25) is 9.36 Å². The van der Waals surface area contributed by atoms with Crippen LogP contribution in [0.4, 0.5) is 0 Å². The second kappa shape index (κ2) is 2.57. The summed E-state index contributed by atoms with van der Waals surface area (Å²) in [5, 5.41) is 15.4. The summed E-state index contributed by atoms with van der Waals surface area (Å²) < 4.78 is 4.25. The van der Waals surface area contributed by atoms with E-state index in [0.29, 0.717) is 5.78 Å². The van der Waals surface area contributed by atoms with Crippen molar-refractivity contribution in [2.24, 2.45) is 14.1 Å². The fourth-order valence-corrected chi connectivity index (χ4v) is 1.50. The number of nitrogens with zero attached hydrogens (tertiary/aromatic N) is 4. The topological polar surface area (TPSA) is 66.2 Å². The zero-order chi connectivity index (χ0) is 10.5. The summed E-state index contributed by atoms with van der Waals surface area (Å²) in [5.41, 5.74) is -0.174. The molecule has 0 saturated carbocycles. The molecule has 0 bridgehead atoms. The molecule has 0 aliphatic rings. The molecule has 2 heterocycles. The Morgan fingerprint density at radius 3 is 2.86 bits per heavy atom. The van der Waals surface area contributed by atoms with E-state index >= 15 is 0 Å². The minimum absolute atomic E-state index is 0.184. The van der Waals surface area contributed by atoms with E-state index in [1.807, 2.05) is 0 Å². The first-order valence-electron chi connectivity index (χ1n) is 4.14. The van der Waals surface area contributed by atoms with Gasteiger partial charge in [-0.05, 0) is 16.5 Å². The van der Waals surface area contributed by atoms with Crippen LogP contribution in [0.2, 0.25) is 0 Å². The fourth-order valence-electron chi connectivity index (χ4n) is 1.50. The lowest BCUT2D eigenvalue weighted by molar-refractivity contribution is -0.649. The van der Waals surface area contributed by atoms with Crippen LogP contribution in [-0.2, 0) is 14.1 Å². The van der Waals surface area contributed by atoms with Crippen molar-refractivity contribution in [3.05, 3.63) is 22.2 Å². The largest absolute Gasteiger partial charge is 0.851 e. The van der Waals surface area contributed by atoms with Gasteiger partial charge in [-0.25, -0.2) is 4.57 Å². The molecule has 0 amide bonds. The minimum Gasteiger partial charge on any atom is -0.851 e. The van der Waals surface area contributed by atoms with E-state index in [-0.39, 0.29) is 17.0 Å². The summed E-state index contributed by atoms with van der Waals surface area (Å²) >= 11 is 0. The first-order valence-corrected chi connectivity index (χ1v) is 4.14. The van der Waals surface area contributed by atoms with Gasteiger partial charge in [0.1, 0.15) is 0 Å². The van der Waals surface area contributed by atoms with E-state index in [9.17, 15) is 9.90 Å². The van der Waals surface area contributed by atoms with Gasteiger partial charge in [0.15, 0.2) is 0 Å². The summed E-state index contributed by atoms with van der Waals surface area (Å²) in [6.07, 6.45) is 1.50. The van der Waals surface area contributed by atoms with Gasteiger partial charge < -0.3 is 5.11 Å². The van der Waals surface area contributed by atoms with E-state index < -0.39 is 0 Å². The maximum Gasteiger partial charge on any atom is 0.358 e. The van der Waals surface area contributed by atoms with E-state index in [1.54, 1.807) is 18.7 Å². The third-order valence-corrected chi connectivity index (χ3v) is 2.28. The zero-order valence-electron chi connectivity index (χ0n) is 8.18. The lowest BCUT2D eigenvalue weighted by Gasteiger charge is -2.11. The van der Waals surface area contributed by atoms with E-state index in [2.05, 4.69) is 5.10 Å². The van der Waals surface area contributed by atoms with Crippen LogP contribution >= 0.6 is 0 Å². The van der Waals surface area contributed by atoms with Crippen LogP contribution < -0.4 is 15.2 Å². The number of aryl methyl sites for hydroxylation is 2. The second-order valence-electron chi connectivity index (χ2n) is 3.25. The smallest absolute Gasteiger partial charge is 0.358 e. The molecule has 0 aromatic carbocycles. The lowest BCUT2D eigenvalue weighted by atomic mass is 10.3. The Morgan fingerprint density at radius 1 is 1.57 bits per heavy atom. The summed E-state index contributed by atoms with van der Waals surface area (Å²) in [5.74, 6) is 0.198. The highest BCUT2D eigenvalue weighted by molar-refractivity contribution is 5.31. The molecule has 6 heteroatoms. The van der Waals surface area contributed by atoms with Crippen LogP contribution in [0, 0.1) is 6.92 Å². The Kier molecular flexibility index (Phi) is 1.60. The Bertz CT molecular complexity index is 567. The van der Waals surface area contributed by atoms with Crippen LogP contribution in [0.1, 0.15) is 5.56 Å². The molecule has 0 saturated heterocycles. The molecule has 0 fully saturated rings. The van der Waals surface area contributed by atoms with Crippen molar-refractivity contribution >= 4 is 5.78 Å². The molecule has 0 aliphatic carbocycles. The molecule has 6 nitrogen and oxygen atoms in total. The first-order chi connectivity index (χ1) is 6.54. The van der Waals surface area contributed by atoms with Crippen LogP contribution in [0.5, 0.6) is 5.88 Å². The average molecular weight is 194 g/mol. The predicted octanol–water partition coefficient (Wildman–Crippen LogP) is -1.76. The predicted molar refractivity (Wildman–Crippen MR) is 45.8 cm³/mol. The summed E-state index contributed by atoms with van der Waals surface area (Å²) in [6.45, 7) is 1.51. The summed E-state index contributed by atoms with van der Waals surface area (Å²) in [6, 6.07) is 0. The molecule has 2 aromatic rings. The maximum atomic E-state index is 11.6. The number of fused-ring (bicyclic) bond motifs is 1. The molecule has 0 N–H and O–H groups in total. The van der Waals surface area contributed by atoms with Crippen LogP contribution in [-0.4, -0.2) is 14.2 Å². The van der Waals surface area contributed by atoms with Gasteiger partial charge in [0.25, 0.3) is 0 Å². The third-order valence-electron chi connectivity index (χ3n) is 2.28. The molecular formula is C8H10N4O2. The zero-order valence-corrected chi connectivity index (χ0v) is 8.18. The molecule has 0 spiro atoms. The number of aromatic nitrogens is 4. The average Bonchev–Trinajstić information content (AvgIpc) is 2.54. The summed E-state index contributed by atoms with van der Waals surface area (Å²) in [4.78, 5) is 11.6. The van der Waals surface area contributed by atoms with Gasteiger partial charge in [0, 0.05) is 18.5 Å². The number of hydrogen-bond acceptors (Lipinski definition) is 3. The molecule has 0 unspecified atom stereocenters. The molecule has 2 rings (SSSR count). The fraction of sp³-hybridized carbons (Fsp3) is 0.375. The third kappa shape index (κ3) is 0.876. The van der Waals surface area contributed by atoms with Crippen LogP contribution in [0.15, 0.2) is 11.1 Å². The molecule has 0 radical (unpaired) electrons. The van der Waals surface area contributed by atoms with Crippen LogP contribution in [0.25, 0.3) is 5.78 Å². The van der Waals surface area contributed by atoms with Crippen molar-refractivity contribution in [1.82, 2.24) is 14.2 Å². The van der Waals surface area contributed by atoms with E-state index in [4.69, 9.17) is 0 Å². The molecule has 0 atom stereocenters. The quantitative estimate of drug-likeness (QED) is 0.467. The van der Waals surface area contributed by atoms with E-state index in [0.717, 1.165) is 0 Å². The highest BCUT2D eigenvalue weighted by Gasteiger charge is 2.16. The van der Waals surface area contributed by atoms with Gasteiger partial charge in [-0.15, -0.1) is 0 Å². The molecule has 14 heavy (non-hydrogen) atoms. The number of rotatable bonds is 0. The SMILES string of the molecule is Cc1c([O-])n(C)c2n(nc[n+]2C)c1=O. The lowest BCUT2D eigenvalue weighted by Crippen LogP contribution is -2.33. The standard InChI is InChI=1S/C8H10N4O2/c1-5-6(13)11(3)8-10(2)4-9-12(8)7(5)14/h4H,1-3H3. The van der Waals surface area contributed by atoms with Crippen molar-refractivity contribution in [2.45, 2.75) is 6.92 Å². The molecule has 74 valence electrons. The number of hydrogen-bond donors (Lipinski definition) is 0. The highest BCUT2D eigenvalue weighted by atomic mass is 16.3. The van der Waals surface area contributed by atoms with E-state index in [1.165, 1.54) is 22.3 Å². The van der Waals surface area contributed by atoms with Gasteiger partial charge in [0.2, 0.25) is 6.33 Å². The Morgan fingerprint density at radius 2 is 2.21 bits per heavy atom. The van der Waals surface area contributed by atoms with Crippen molar-refractivity contribution in [1.29, 1.82) is 0 Å². The monoisotopic (exact) mass is 194 g/mol. The molecule has 2 aromatic heterocycles. The van der Waals surface area contributed by atoms with Gasteiger partial charge in [-0.1, -0.05) is 0 Å². The molecule has 0 aliphatic heterocycles. The van der Waals surface area contributed by atoms with Crippen molar-refractivity contribution in [3.63, 3.8) is 0 Å². The second-order valence-corrected chi connectivity index (χ2v) is 3.25. The Balaban J connectivity index is 3.13. The normalized spacial score (nSPS) is 11.1.